The molecule has 0 radical (unpaired) electrons. The van der Waals surface area contributed by atoms with Gasteiger partial charge in [0.15, 0.2) is 0 Å². The maximum absolute atomic E-state index is 5.62. The van der Waals surface area contributed by atoms with Gasteiger partial charge in [-0.1, -0.05) is 23.9 Å². The fourth-order valence-electron chi connectivity index (χ4n) is 0.996. The highest BCUT2D eigenvalue weighted by atomic mass is 32.2. The van der Waals surface area contributed by atoms with Gasteiger partial charge in [0.2, 0.25) is 0 Å². The van der Waals surface area contributed by atoms with Gasteiger partial charge in [0.1, 0.15) is 0 Å². The Bertz CT molecular complexity index is 332. The van der Waals surface area contributed by atoms with Crippen LogP contribution in [0.25, 0.3) is 0 Å². The van der Waals surface area contributed by atoms with E-state index in [2.05, 4.69) is 19.9 Å². The lowest BCUT2D eigenvalue weighted by atomic mass is 10.1. The van der Waals surface area contributed by atoms with Gasteiger partial charge >= 0.3 is 0 Å². The number of rotatable bonds is 2. The average Bonchev–Trinajstić information content (AvgIpc) is 2.13. The molecule has 0 bridgehead atoms. The van der Waals surface area contributed by atoms with Crippen LogP contribution in [0.1, 0.15) is 11.1 Å². The summed E-state index contributed by atoms with van der Waals surface area (Å²) in [7, 11) is 0. The van der Waals surface area contributed by atoms with Crippen LogP contribution in [0.4, 0.5) is 0 Å². The van der Waals surface area contributed by atoms with Crippen molar-refractivity contribution in [3.8, 4) is 0 Å². The molecule has 0 fully saturated rings. The van der Waals surface area contributed by atoms with Gasteiger partial charge in [-0.15, -0.1) is 0 Å². The second-order valence-corrected chi connectivity index (χ2v) is 3.98. The first-order valence-electron chi connectivity index (χ1n) is 4.06. The Labute approximate surface area is 83.0 Å². The zero-order valence-electron chi connectivity index (χ0n) is 7.87. The molecule has 0 saturated heterocycles. The topological polar surface area (TPSA) is 52.0 Å². The standard InChI is InChI=1S/C10H14N2S/c1-7-4-3-5-9(8(7)2)13-10(12)6-11/h3-6H,11-12H2,1-2H3/b10-6+. The summed E-state index contributed by atoms with van der Waals surface area (Å²) in [4.78, 5) is 1.17. The van der Waals surface area contributed by atoms with Crippen molar-refractivity contribution in [1.82, 2.24) is 0 Å². The first-order chi connectivity index (χ1) is 6.15. The molecule has 0 aliphatic rings. The minimum atomic E-state index is 0.633. The summed E-state index contributed by atoms with van der Waals surface area (Å²) in [6.07, 6.45) is 1.42. The third-order valence-corrected chi connectivity index (χ3v) is 2.98. The highest BCUT2D eigenvalue weighted by molar-refractivity contribution is 8.03. The lowest BCUT2D eigenvalue weighted by molar-refractivity contribution is 1.23. The molecule has 0 amide bonds. The number of thioether (sulfide) groups is 1. The highest BCUT2D eigenvalue weighted by Crippen LogP contribution is 2.27. The lowest BCUT2D eigenvalue weighted by Crippen LogP contribution is -1.96. The van der Waals surface area contributed by atoms with Crippen molar-refractivity contribution < 1.29 is 0 Å². The van der Waals surface area contributed by atoms with Crippen LogP contribution < -0.4 is 11.5 Å². The van der Waals surface area contributed by atoms with Gasteiger partial charge in [0, 0.05) is 11.1 Å². The molecule has 2 nitrogen and oxygen atoms in total. The van der Waals surface area contributed by atoms with E-state index in [1.807, 2.05) is 12.1 Å². The predicted molar refractivity (Wildman–Crippen MR) is 58.2 cm³/mol. The Hall–Kier alpha value is -1.09. The summed E-state index contributed by atoms with van der Waals surface area (Å²) >= 11 is 1.50. The fourth-order valence-corrected chi connectivity index (χ4v) is 1.78. The molecule has 70 valence electrons. The second-order valence-electron chi connectivity index (χ2n) is 2.87. The zero-order chi connectivity index (χ0) is 9.84. The number of hydrogen-bond donors (Lipinski definition) is 2. The molecule has 0 aromatic heterocycles. The summed E-state index contributed by atoms with van der Waals surface area (Å²) in [5.74, 6) is 0. The maximum Gasteiger partial charge on any atom is 0.0861 e. The van der Waals surface area contributed by atoms with Crippen LogP contribution >= 0.6 is 11.8 Å². The lowest BCUT2D eigenvalue weighted by Gasteiger charge is -2.07. The van der Waals surface area contributed by atoms with Crippen LogP contribution in [0.3, 0.4) is 0 Å². The number of nitrogens with two attached hydrogens (primary N) is 2. The third-order valence-electron chi connectivity index (χ3n) is 1.95. The van der Waals surface area contributed by atoms with Gasteiger partial charge in [-0.3, -0.25) is 0 Å². The zero-order valence-corrected chi connectivity index (χ0v) is 8.69. The minimum Gasteiger partial charge on any atom is -0.403 e. The van der Waals surface area contributed by atoms with Crippen molar-refractivity contribution in [3.63, 3.8) is 0 Å². The van der Waals surface area contributed by atoms with Gasteiger partial charge in [0.05, 0.1) is 5.03 Å². The van der Waals surface area contributed by atoms with E-state index in [0.717, 1.165) is 0 Å². The number of hydrogen-bond acceptors (Lipinski definition) is 3. The molecule has 0 aliphatic carbocycles. The van der Waals surface area contributed by atoms with Gasteiger partial charge in [0.25, 0.3) is 0 Å². The van der Waals surface area contributed by atoms with Crippen molar-refractivity contribution in [3.05, 3.63) is 40.6 Å². The van der Waals surface area contributed by atoms with Crippen molar-refractivity contribution in [2.45, 2.75) is 18.7 Å². The van der Waals surface area contributed by atoms with Gasteiger partial charge in [-0.25, -0.2) is 0 Å². The average molecular weight is 194 g/mol. The SMILES string of the molecule is Cc1cccc(S/C(N)=C/N)c1C. The van der Waals surface area contributed by atoms with Gasteiger partial charge in [-0.2, -0.15) is 0 Å². The van der Waals surface area contributed by atoms with Gasteiger partial charge in [-0.05, 0) is 31.0 Å². The quantitative estimate of drug-likeness (QED) is 0.709. The first-order valence-corrected chi connectivity index (χ1v) is 4.88. The van der Waals surface area contributed by atoms with Crippen LogP contribution in [-0.4, -0.2) is 0 Å². The molecular weight excluding hydrogens is 180 g/mol. The monoisotopic (exact) mass is 194 g/mol. The molecule has 0 spiro atoms. The second kappa shape index (κ2) is 4.23. The molecule has 3 heteroatoms. The summed E-state index contributed by atoms with van der Waals surface area (Å²) in [5.41, 5.74) is 13.5. The Kier molecular flexibility index (Phi) is 3.25. The normalized spacial score (nSPS) is 11.7. The molecule has 0 atom stereocenters. The van der Waals surface area contributed by atoms with Crippen molar-refractivity contribution in [1.29, 1.82) is 0 Å². The molecule has 0 unspecified atom stereocenters. The summed E-state index contributed by atoms with van der Waals surface area (Å²) in [5, 5.41) is 0.633. The van der Waals surface area contributed by atoms with Crippen molar-refractivity contribution in [2.24, 2.45) is 11.5 Å². The van der Waals surface area contributed by atoms with Crippen LogP contribution in [0.5, 0.6) is 0 Å². The Morgan fingerprint density at radius 1 is 1.38 bits per heavy atom. The molecule has 1 rings (SSSR count). The molecule has 0 saturated carbocycles. The van der Waals surface area contributed by atoms with E-state index >= 15 is 0 Å². The van der Waals surface area contributed by atoms with E-state index in [9.17, 15) is 0 Å². The van der Waals surface area contributed by atoms with E-state index < -0.39 is 0 Å². The third kappa shape index (κ3) is 2.42. The summed E-state index contributed by atoms with van der Waals surface area (Å²) < 4.78 is 0. The molecule has 13 heavy (non-hydrogen) atoms. The van der Waals surface area contributed by atoms with Crippen LogP contribution in [0, 0.1) is 13.8 Å². The van der Waals surface area contributed by atoms with E-state index in [0.29, 0.717) is 5.03 Å². The van der Waals surface area contributed by atoms with Crippen LogP contribution in [0.15, 0.2) is 34.3 Å². The smallest absolute Gasteiger partial charge is 0.0861 e. The van der Waals surface area contributed by atoms with E-state index in [-0.39, 0.29) is 0 Å². The summed E-state index contributed by atoms with van der Waals surface area (Å²) in [6.45, 7) is 4.17. The van der Waals surface area contributed by atoms with E-state index in [1.54, 1.807) is 0 Å². The Morgan fingerprint density at radius 2 is 2.08 bits per heavy atom. The Morgan fingerprint density at radius 3 is 2.69 bits per heavy atom. The highest BCUT2D eigenvalue weighted by Gasteiger charge is 2.01. The van der Waals surface area contributed by atoms with E-state index in [1.165, 1.54) is 34.0 Å². The fraction of sp³-hybridized carbons (Fsp3) is 0.200. The number of benzene rings is 1. The molecular formula is C10H14N2S. The maximum atomic E-state index is 5.62. The molecule has 4 N–H and O–H groups in total. The first kappa shape index (κ1) is 9.99. The minimum absolute atomic E-state index is 0.633. The summed E-state index contributed by atoms with van der Waals surface area (Å²) in [6, 6.07) is 6.15. The number of aryl methyl sites for hydroxylation is 1. The molecule has 1 aromatic rings. The predicted octanol–water partition coefficient (Wildman–Crippen LogP) is 2.11. The van der Waals surface area contributed by atoms with E-state index in [4.69, 9.17) is 11.5 Å². The van der Waals surface area contributed by atoms with Crippen LogP contribution in [-0.2, 0) is 0 Å². The van der Waals surface area contributed by atoms with Gasteiger partial charge < -0.3 is 11.5 Å². The molecule has 0 aliphatic heterocycles. The Balaban J connectivity index is 2.96. The van der Waals surface area contributed by atoms with Crippen LogP contribution in [0.2, 0.25) is 0 Å². The molecule has 1 aromatic carbocycles. The van der Waals surface area contributed by atoms with Crippen molar-refractivity contribution in [2.75, 3.05) is 0 Å². The largest absolute Gasteiger partial charge is 0.403 e. The van der Waals surface area contributed by atoms with Crippen molar-refractivity contribution >= 4 is 11.8 Å². The molecule has 0 heterocycles.